The lowest BCUT2D eigenvalue weighted by Gasteiger charge is -2.42. The lowest BCUT2D eigenvalue weighted by molar-refractivity contribution is -0.192. The van der Waals surface area contributed by atoms with Crippen LogP contribution in [0.4, 0.5) is 19.1 Å². The highest BCUT2D eigenvalue weighted by Gasteiger charge is 2.49. The molecule has 1 amide bonds. The minimum Gasteiger partial charge on any atom is -0.475 e. The number of methoxy groups -OCH3 is 1. The number of alkyl halides is 3. The molecule has 2 saturated heterocycles. The molecule has 0 aliphatic carbocycles. The standard InChI is InChI=1S/C19H24N4O2S.C2HF3O2/c1-25-12-16-11-23(17(24)15-3-10-26-13-15)14-19(16)4-8-22(9-5-19)18-20-6-2-7-21-18;3-2(4,5)1(6)7/h2-3,6-7,10,13,16H,4-5,8-9,11-12,14H2,1H3;(H,6,7). The number of anilines is 1. The van der Waals surface area contributed by atoms with Gasteiger partial charge in [0.1, 0.15) is 0 Å². The summed E-state index contributed by atoms with van der Waals surface area (Å²) in [7, 11) is 1.75. The van der Waals surface area contributed by atoms with Gasteiger partial charge in [0.15, 0.2) is 0 Å². The predicted molar refractivity (Wildman–Crippen MR) is 115 cm³/mol. The monoisotopic (exact) mass is 486 g/mol. The quantitative estimate of drug-likeness (QED) is 0.709. The topological polar surface area (TPSA) is 95.9 Å². The van der Waals surface area contributed by atoms with E-state index < -0.39 is 12.1 Å². The van der Waals surface area contributed by atoms with Crippen LogP contribution in [0.3, 0.4) is 0 Å². The van der Waals surface area contributed by atoms with Crippen molar-refractivity contribution in [2.45, 2.75) is 19.0 Å². The van der Waals surface area contributed by atoms with Crippen molar-refractivity contribution >= 4 is 29.2 Å². The number of carboxylic acid groups (broad SMARTS) is 1. The average molecular weight is 487 g/mol. The molecule has 2 aromatic rings. The van der Waals surface area contributed by atoms with E-state index in [0.717, 1.165) is 50.5 Å². The number of ether oxygens (including phenoxy) is 1. The van der Waals surface area contributed by atoms with Crippen LogP contribution < -0.4 is 4.90 Å². The molecule has 4 rings (SSSR count). The number of nitrogens with zero attached hydrogens (tertiary/aromatic N) is 4. The fraction of sp³-hybridized carbons (Fsp3) is 0.524. The SMILES string of the molecule is COCC1CN(C(=O)c2ccsc2)CC12CCN(c1ncccn1)CC2.O=C(O)C(F)(F)F. The minimum atomic E-state index is -5.08. The first-order valence-electron chi connectivity index (χ1n) is 10.3. The molecule has 1 unspecified atom stereocenters. The highest BCUT2D eigenvalue weighted by atomic mass is 32.1. The van der Waals surface area contributed by atoms with Crippen molar-refractivity contribution in [1.82, 2.24) is 14.9 Å². The Balaban J connectivity index is 0.000000383. The maximum absolute atomic E-state index is 12.8. The molecule has 2 fully saturated rings. The number of halogens is 3. The Morgan fingerprint density at radius 1 is 1.27 bits per heavy atom. The van der Waals surface area contributed by atoms with Gasteiger partial charge in [0.25, 0.3) is 5.91 Å². The Hall–Kier alpha value is -2.73. The molecule has 1 spiro atoms. The van der Waals surface area contributed by atoms with Crippen LogP contribution in [0.5, 0.6) is 0 Å². The molecule has 0 saturated carbocycles. The molecule has 1 atom stereocenters. The maximum Gasteiger partial charge on any atom is 0.490 e. The number of hydrogen-bond acceptors (Lipinski definition) is 7. The molecule has 12 heteroatoms. The van der Waals surface area contributed by atoms with Crippen LogP contribution in [0, 0.1) is 11.3 Å². The molecule has 0 aromatic carbocycles. The van der Waals surface area contributed by atoms with Crippen molar-refractivity contribution in [3.63, 3.8) is 0 Å². The summed E-state index contributed by atoms with van der Waals surface area (Å²) in [5.41, 5.74) is 0.936. The Kier molecular flexibility index (Phi) is 7.90. The summed E-state index contributed by atoms with van der Waals surface area (Å²) in [6.07, 6.45) is 0.563. The molecule has 180 valence electrons. The van der Waals surface area contributed by atoms with Gasteiger partial charge in [0.2, 0.25) is 5.95 Å². The van der Waals surface area contributed by atoms with Gasteiger partial charge >= 0.3 is 12.1 Å². The first-order chi connectivity index (χ1) is 15.7. The first-order valence-corrected chi connectivity index (χ1v) is 11.2. The molecule has 0 radical (unpaired) electrons. The molecule has 4 heterocycles. The van der Waals surface area contributed by atoms with Gasteiger partial charge < -0.3 is 19.6 Å². The van der Waals surface area contributed by atoms with Crippen LogP contribution in [0.25, 0.3) is 0 Å². The molecular formula is C21H25F3N4O4S. The van der Waals surface area contributed by atoms with E-state index in [1.165, 1.54) is 0 Å². The van der Waals surface area contributed by atoms with Gasteiger partial charge in [-0.1, -0.05) is 0 Å². The van der Waals surface area contributed by atoms with Crippen molar-refractivity contribution in [2.24, 2.45) is 11.3 Å². The van der Waals surface area contributed by atoms with E-state index in [4.69, 9.17) is 14.6 Å². The number of piperidine rings is 1. The third-order valence-corrected chi connectivity index (χ3v) is 6.76. The van der Waals surface area contributed by atoms with Gasteiger partial charge in [0.05, 0.1) is 12.2 Å². The van der Waals surface area contributed by atoms with Gasteiger partial charge in [-0.3, -0.25) is 4.79 Å². The molecule has 33 heavy (non-hydrogen) atoms. The smallest absolute Gasteiger partial charge is 0.475 e. The highest BCUT2D eigenvalue weighted by molar-refractivity contribution is 7.08. The molecule has 8 nitrogen and oxygen atoms in total. The number of aromatic nitrogens is 2. The van der Waals surface area contributed by atoms with Crippen LogP contribution in [0.1, 0.15) is 23.2 Å². The number of hydrogen-bond donors (Lipinski definition) is 1. The Morgan fingerprint density at radius 3 is 2.42 bits per heavy atom. The summed E-state index contributed by atoms with van der Waals surface area (Å²) in [5, 5.41) is 11.0. The lowest BCUT2D eigenvalue weighted by atomic mass is 9.71. The zero-order chi connectivity index (χ0) is 24.1. The Morgan fingerprint density at radius 2 is 1.91 bits per heavy atom. The van der Waals surface area contributed by atoms with Crippen LogP contribution in [-0.2, 0) is 9.53 Å². The summed E-state index contributed by atoms with van der Waals surface area (Å²) in [5.74, 6) is -1.42. The predicted octanol–water partition coefficient (Wildman–Crippen LogP) is 3.18. The number of amides is 1. The van der Waals surface area contributed by atoms with E-state index in [-0.39, 0.29) is 11.3 Å². The summed E-state index contributed by atoms with van der Waals surface area (Å²) in [4.78, 5) is 34.8. The van der Waals surface area contributed by atoms with Crippen molar-refractivity contribution < 1.29 is 32.6 Å². The van der Waals surface area contributed by atoms with Gasteiger partial charge in [-0.05, 0) is 35.8 Å². The lowest BCUT2D eigenvalue weighted by Crippen LogP contribution is -2.46. The number of carbonyl (C=O) groups excluding carboxylic acids is 1. The average Bonchev–Trinajstić information content (AvgIpc) is 3.44. The highest BCUT2D eigenvalue weighted by Crippen LogP contribution is 2.45. The van der Waals surface area contributed by atoms with Crippen LogP contribution in [0.15, 0.2) is 35.3 Å². The second kappa shape index (κ2) is 10.5. The van der Waals surface area contributed by atoms with E-state index in [0.29, 0.717) is 12.5 Å². The molecular weight excluding hydrogens is 461 g/mol. The zero-order valence-electron chi connectivity index (χ0n) is 18.0. The second-order valence-corrected chi connectivity index (χ2v) is 8.83. The van der Waals surface area contributed by atoms with E-state index in [9.17, 15) is 18.0 Å². The molecule has 2 aliphatic rings. The van der Waals surface area contributed by atoms with Gasteiger partial charge in [-0.25, -0.2) is 14.8 Å². The normalized spacial score (nSPS) is 19.8. The number of carboxylic acids is 1. The number of rotatable bonds is 4. The number of thiophene rings is 1. The van der Waals surface area contributed by atoms with E-state index >= 15 is 0 Å². The second-order valence-electron chi connectivity index (χ2n) is 8.05. The largest absolute Gasteiger partial charge is 0.490 e. The van der Waals surface area contributed by atoms with E-state index in [1.54, 1.807) is 30.8 Å². The number of likely N-dealkylation sites (tertiary alicyclic amines) is 1. The van der Waals surface area contributed by atoms with E-state index in [2.05, 4.69) is 14.9 Å². The summed E-state index contributed by atoms with van der Waals surface area (Å²) < 4.78 is 37.2. The minimum absolute atomic E-state index is 0.132. The summed E-state index contributed by atoms with van der Waals surface area (Å²) in [6.45, 7) is 4.15. The van der Waals surface area contributed by atoms with Gasteiger partial charge in [-0.15, -0.1) is 0 Å². The summed E-state index contributed by atoms with van der Waals surface area (Å²) in [6, 6.07) is 3.76. The molecule has 2 aliphatic heterocycles. The fourth-order valence-corrected chi connectivity index (χ4v) is 4.99. The van der Waals surface area contributed by atoms with E-state index in [1.807, 2.05) is 27.8 Å². The van der Waals surface area contributed by atoms with Crippen LogP contribution >= 0.6 is 11.3 Å². The third kappa shape index (κ3) is 5.99. The first kappa shape index (κ1) is 24.9. The van der Waals surface area contributed by atoms with Crippen LogP contribution in [-0.4, -0.2) is 77.9 Å². The van der Waals surface area contributed by atoms with Crippen molar-refractivity contribution in [2.75, 3.05) is 44.8 Å². The van der Waals surface area contributed by atoms with Crippen molar-refractivity contribution in [1.29, 1.82) is 0 Å². The summed E-state index contributed by atoms with van der Waals surface area (Å²) >= 11 is 1.57. The van der Waals surface area contributed by atoms with Gasteiger partial charge in [-0.2, -0.15) is 24.5 Å². The van der Waals surface area contributed by atoms with Gasteiger partial charge in [0, 0.05) is 57.0 Å². The number of carbonyl (C=O) groups is 2. The van der Waals surface area contributed by atoms with Crippen molar-refractivity contribution in [3.8, 4) is 0 Å². The zero-order valence-corrected chi connectivity index (χ0v) is 18.8. The Labute approximate surface area is 193 Å². The third-order valence-electron chi connectivity index (χ3n) is 6.07. The molecule has 1 N–H and O–H groups in total. The fourth-order valence-electron chi connectivity index (χ4n) is 4.36. The van der Waals surface area contributed by atoms with Crippen LogP contribution in [0.2, 0.25) is 0 Å². The maximum atomic E-state index is 12.8. The Bertz CT molecular complexity index is 919. The molecule has 0 bridgehead atoms. The molecule has 2 aromatic heterocycles. The number of aliphatic carboxylic acids is 1. The van der Waals surface area contributed by atoms with Crippen molar-refractivity contribution in [3.05, 3.63) is 40.8 Å².